The van der Waals surface area contributed by atoms with Crippen molar-refractivity contribution in [1.82, 2.24) is 18.1 Å². The molecule has 7 aromatic carbocycles. The van der Waals surface area contributed by atoms with E-state index in [0.29, 0.717) is 0 Å². The second kappa shape index (κ2) is 9.50. The fraction of sp³-hybridized carbons (Fsp3) is 0. The molecule has 0 saturated carbocycles. The lowest BCUT2D eigenvalue weighted by Crippen LogP contribution is -1.96. The van der Waals surface area contributed by atoms with Crippen molar-refractivity contribution >= 4 is 71.2 Å². The van der Waals surface area contributed by atoms with Crippen LogP contribution in [-0.2, 0) is 0 Å². The first-order valence-electron chi connectivity index (χ1n) is 16.5. The molecule has 4 heteroatoms. The van der Waals surface area contributed by atoms with E-state index in [-0.39, 0.29) is 0 Å². The number of benzene rings is 7. The van der Waals surface area contributed by atoms with E-state index in [2.05, 4.69) is 188 Å². The molecular weight excluding hydrogens is 585 g/mol. The van der Waals surface area contributed by atoms with Crippen LogP contribution in [0.25, 0.3) is 88.3 Å². The van der Waals surface area contributed by atoms with Crippen molar-refractivity contribution < 1.29 is 0 Å². The summed E-state index contributed by atoms with van der Waals surface area (Å²) in [4.78, 5) is 0. The van der Waals surface area contributed by atoms with Gasteiger partial charge in [-0.3, -0.25) is 8.97 Å². The van der Waals surface area contributed by atoms with Crippen LogP contribution in [0.4, 0.5) is 0 Å². The molecule has 0 radical (unpaired) electrons. The van der Waals surface area contributed by atoms with Gasteiger partial charge >= 0.3 is 0 Å². The Bertz CT molecular complexity index is 3040. The van der Waals surface area contributed by atoms with Crippen molar-refractivity contribution in [1.29, 1.82) is 0 Å². The average Bonchev–Trinajstić information content (AvgIpc) is 3.87. The van der Waals surface area contributed by atoms with Crippen LogP contribution >= 0.6 is 0 Å². The van der Waals surface area contributed by atoms with Crippen molar-refractivity contribution in [2.24, 2.45) is 0 Å². The molecule has 0 N–H and O–H groups in total. The molecule has 11 aromatic rings. The fourth-order valence-electron chi connectivity index (χ4n) is 8.11. The number of aromatic nitrogens is 4. The van der Waals surface area contributed by atoms with Crippen LogP contribution in [0.15, 0.2) is 170 Å². The summed E-state index contributed by atoms with van der Waals surface area (Å²) in [5, 5.41) is 6.27. The van der Waals surface area contributed by atoms with Gasteiger partial charge in [-0.1, -0.05) is 91.0 Å². The summed E-state index contributed by atoms with van der Waals surface area (Å²) in [6.07, 6.45) is 0. The fourth-order valence-corrected chi connectivity index (χ4v) is 8.11. The normalized spacial score (nSPS) is 12.2. The number of nitrogens with zero attached hydrogens (tertiary/aromatic N) is 4. The van der Waals surface area contributed by atoms with Crippen molar-refractivity contribution in [2.45, 2.75) is 0 Å². The molecule has 0 amide bonds. The van der Waals surface area contributed by atoms with Gasteiger partial charge in [0.1, 0.15) is 5.65 Å². The first-order valence-corrected chi connectivity index (χ1v) is 16.5. The Labute approximate surface area is 275 Å². The maximum atomic E-state index is 2.45. The molecular formula is C44H28N4. The highest BCUT2D eigenvalue weighted by molar-refractivity contribution is 6.19. The van der Waals surface area contributed by atoms with Crippen LogP contribution < -0.4 is 0 Å². The second-order valence-corrected chi connectivity index (χ2v) is 12.7. The number of imidazole rings is 1. The molecule has 4 nitrogen and oxygen atoms in total. The SMILES string of the molecule is c1ccc(-n2c3ccccc3c3cc4c5ccccc5n(-c5ccc6c(c5)n5c7ccccc7cc5n6-c5ccccc5)c4cc32)cc1. The molecule has 4 aromatic heterocycles. The smallest absolute Gasteiger partial charge is 0.123 e. The summed E-state index contributed by atoms with van der Waals surface area (Å²) in [7, 11) is 0. The minimum absolute atomic E-state index is 1.14. The van der Waals surface area contributed by atoms with Gasteiger partial charge in [0.05, 0.1) is 38.6 Å². The van der Waals surface area contributed by atoms with E-state index >= 15 is 0 Å². The van der Waals surface area contributed by atoms with E-state index in [1.807, 2.05) is 0 Å². The molecule has 0 fully saturated rings. The molecule has 0 unspecified atom stereocenters. The number of para-hydroxylation sites is 5. The Hall–Kier alpha value is -6.52. The van der Waals surface area contributed by atoms with Gasteiger partial charge in [0.2, 0.25) is 0 Å². The van der Waals surface area contributed by atoms with Gasteiger partial charge in [0, 0.05) is 44.0 Å². The number of rotatable bonds is 3. The predicted molar refractivity (Wildman–Crippen MR) is 200 cm³/mol. The standard InChI is InChI=1S/C44H28N4/c1-3-14-30(15-4-1)45-38-21-11-8-18-33(38)35-27-36-34-19-9-12-22-39(34)46(42(36)28-41(35)45)32-23-24-40-43(26-32)48-37-20-10-7-13-29(37)25-44(48)47(40)31-16-5-2-6-17-31/h1-28H. The second-order valence-electron chi connectivity index (χ2n) is 12.7. The predicted octanol–water partition coefficient (Wildman–Crippen LogP) is 11.2. The maximum absolute atomic E-state index is 2.45. The van der Waals surface area contributed by atoms with E-state index in [0.717, 1.165) is 22.7 Å². The zero-order chi connectivity index (χ0) is 31.3. The molecule has 0 spiro atoms. The van der Waals surface area contributed by atoms with Gasteiger partial charge in [0.25, 0.3) is 0 Å². The van der Waals surface area contributed by atoms with E-state index in [1.165, 1.54) is 65.5 Å². The summed E-state index contributed by atoms with van der Waals surface area (Å²) >= 11 is 0. The number of hydrogen-bond acceptors (Lipinski definition) is 0. The van der Waals surface area contributed by atoms with E-state index in [1.54, 1.807) is 0 Å². The summed E-state index contributed by atoms with van der Waals surface area (Å²) < 4.78 is 9.66. The van der Waals surface area contributed by atoms with Crippen LogP contribution in [0.5, 0.6) is 0 Å². The zero-order valence-electron chi connectivity index (χ0n) is 26.0. The summed E-state index contributed by atoms with van der Waals surface area (Å²) in [5.41, 5.74) is 13.0. The molecule has 4 heterocycles. The minimum atomic E-state index is 1.14. The van der Waals surface area contributed by atoms with Crippen LogP contribution in [0.1, 0.15) is 0 Å². The third kappa shape index (κ3) is 3.38. The van der Waals surface area contributed by atoms with Crippen LogP contribution in [0.2, 0.25) is 0 Å². The lowest BCUT2D eigenvalue weighted by atomic mass is 10.1. The highest BCUT2D eigenvalue weighted by Gasteiger charge is 2.20. The van der Waals surface area contributed by atoms with Crippen LogP contribution in [-0.4, -0.2) is 18.1 Å². The van der Waals surface area contributed by atoms with Gasteiger partial charge in [-0.15, -0.1) is 0 Å². The van der Waals surface area contributed by atoms with Gasteiger partial charge in [0.15, 0.2) is 0 Å². The molecule has 0 aliphatic carbocycles. The Morgan fingerprint density at radius 3 is 1.48 bits per heavy atom. The summed E-state index contributed by atoms with van der Waals surface area (Å²) in [5.74, 6) is 0. The lowest BCUT2D eigenvalue weighted by molar-refractivity contribution is 1.15. The number of hydrogen-bond donors (Lipinski definition) is 0. The molecule has 224 valence electrons. The maximum Gasteiger partial charge on any atom is 0.123 e. The molecule has 0 atom stereocenters. The average molecular weight is 613 g/mol. The van der Waals surface area contributed by atoms with E-state index in [4.69, 9.17) is 0 Å². The van der Waals surface area contributed by atoms with Gasteiger partial charge in [-0.25, -0.2) is 0 Å². The van der Waals surface area contributed by atoms with Crippen molar-refractivity contribution in [3.63, 3.8) is 0 Å². The van der Waals surface area contributed by atoms with Crippen molar-refractivity contribution in [2.75, 3.05) is 0 Å². The summed E-state index contributed by atoms with van der Waals surface area (Å²) in [6.45, 7) is 0. The topological polar surface area (TPSA) is 19.2 Å². The van der Waals surface area contributed by atoms with E-state index < -0.39 is 0 Å². The quantitative estimate of drug-likeness (QED) is 0.189. The highest BCUT2D eigenvalue weighted by Crippen LogP contribution is 2.40. The first-order chi connectivity index (χ1) is 23.8. The molecule has 0 aliphatic heterocycles. The molecule has 48 heavy (non-hydrogen) atoms. The third-order valence-corrected chi connectivity index (χ3v) is 10.1. The van der Waals surface area contributed by atoms with Crippen molar-refractivity contribution in [3.8, 4) is 17.1 Å². The first kappa shape index (κ1) is 25.6. The monoisotopic (exact) mass is 612 g/mol. The zero-order valence-corrected chi connectivity index (χ0v) is 26.0. The van der Waals surface area contributed by atoms with E-state index in [9.17, 15) is 0 Å². The highest BCUT2D eigenvalue weighted by atomic mass is 15.1. The minimum Gasteiger partial charge on any atom is -0.309 e. The Balaban J connectivity index is 1.27. The van der Waals surface area contributed by atoms with Crippen molar-refractivity contribution in [3.05, 3.63) is 170 Å². The van der Waals surface area contributed by atoms with Crippen LogP contribution in [0.3, 0.4) is 0 Å². The molecule has 0 bridgehead atoms. The van der Waals surface area contributed by atoms with Gasteiger partial charge in [-0.05, 0) is 78.9 Å². The largest absolute Gasteiger partial charge is 0.309 e. The molecule has 0 aliphatic rings. The molecule has 0 saturated heterocycles. The lowest BCUT2D eigenvalue weighted by Gasteiger charge is -2.11. The summed E-state index contributed by atoms with van der Waals surface area (Å²) in [6, 6.07) is 61.7. The number of fused-ring (bicyclic) bond motifs is 11. The Morgan fingerprint density at radius 1 is 0.271 bits per heavy atom. The Kier molecular flexibility index (Phi) is 5.08. The van der Waals surface area contributed by atoms with Gasteiger partial charge in [-0.2, -0.15) is 0 Å². The molecule has 11 rings (SSSR count). The third-order valence-electron chi connectivity index (χ3n) is 10.1. The Morgan fingerprint density at radius 2 is 0.812 bits per heavy atom. The van der Waals surface area contributed by atoms with Crippen LogP contribution in [0, 0.1) is 0 Å². The van der Waals surface area contributed by atoms with Gasteiger partial charge < -0.3 is 9.13 Å².